The molecule has 0 aliphatic heterocycles. The molecule has 0 saturated carbocycles. The fraction of sp³-hybridized carbons (Fsp3) is 0.667. The molecule has 0 aromatic carbocycles. The number of carbonyl (C=O) groups is 1. The lowest BCUT2D eigenvalue weighted by atomic mass is 10.2. The number of Topliss-reactive ketones (excluding diaryl/α,β-unsaturated/α-hetero) is 1. The van der Waals surface area contributed by atoms with Crippen molar-refractivity contribution in [3.8, 4) is 12.3 Å². The number of terminal acetylenes is 1. The normalized spacial score (nSPS) is 9.33. The Morgan fingerprint density at radius 1 is 1.67 bits per heavy atom. The van der Waals surface area contributed by atoms with Crippen LogP contribution in [0.15, 0.2) is 0 Å². The van der Waals surface area contributed by atoms with Crippen LogP contribution in [0.5, 0.6) is 0 Å². The molecule has 12 heavy (non-hydrogen) atoms. The van der Waals surface area contributed by atoms with Crippen LogP contribution in [0.1, 0.15) is 12.8 Å². The summed E-state index contributed by atoms with van der Waals surface area (Å²) in [5.41, 5.74) is 0. The first-order valence-electron chi connectivity index (χ1n) is 3.96. The highest BCUT2D eigenvalue weighted by Crippen LogP contribution is 1.86. The van der Waals surface area contributed by atoms with Crippen molar-refractivity contribution in [3.05, 3.63) is 0 Å². The molecule has 0 heterocycles. The molecule has 0 spiro atoms. The first-order chi connectivity index (χ1) is 5.81. The second kappa shape index (κ2) is 8.25. The van der Waals surface area contributed by atoms with E-state index in [0.717, 1.165) is 0 Å². The Morgan fingerprint density at radius 3 is 3.00 bits per heavy atom. The predicted molar refractivity (Wildman–Crippen MR) is 47.8 cm³/mol. The minimum atomic E-state index is 0.157. The molecule has 0 radical (unpaired) electrons. The van der Waals surface area contributed by atoms with Crippen LogP contribution < -0.4 is 5.32 Å². The summed E-state index contributed by atoms with van der Waals surface area (Å²) in [5, 5.41) is 2.95. The van der Waals surface area contributed by atoms with Gasteiger partial charge in [-0.05, 0) is 0 Å². The zero-order valence-corrected chi connectivity index (χ0v) is 7.43. The number of methoxy groups -OCH3 is 1. The molecule has 0 unspecified atom stereocenters. The molecule has 0 bridgehead atoms. The average Bonchev–Trinajstić information content (AvgIpc) is 2.09. The molecule has 3 heteroatoms. The van der Waals surface area contributed by atoms with Crippen LogP contribution in [-0.4, -0.2) is 32.6 Å². The first-order valence-corrected chi connectivity index (χ1v) is 3.96. The standard InChI is InChI=1S/C9H15NO2/c1-3-4-5-9(11)8-10-6-7-12-2/h1,10H,4-8H2,2H3. The maximum Gasteiger partial charge on any atom is 0.147 e. The Hall–Kier alpha value is -0.850. The van der Waals surface area contributed by atoms with Crippen LogP contribution in [0, 0.1) is 12.3 Å². The highest BCUT2D eigenvalue weighted by atomic mass is 16.5. The summed E-state index contributed by atoms with van der Waals surface area (Å²) in [6, 6.07) is 0. The molecule has 3 nitrogen and oxygen atoms in total. The topological polar surface area (TPSA) is 38.3 Å². The quantitative estimate of drug-likeness (QED) is 0.437. The third-order valence-electron chi connectivity index (χ3n) is 1.35. The van der Waals surface area contributed by atoms with E-state index in [2.05, 4.69) is 11.2 Å². The van der Waals surface area contributed by atoms with E-state index in [4.69, 9.17) is 11.2 Å². The summed E-state index contributed by atoms with van der Waals surface area (Å²) in [6.07, 6.45) is 6.01. The lowest BCUT2D eigenvalue weighted by Crippen LogP contribution is -2.26. The SMILES string of the molecule is C#CCCC(=O)CNCCOC. The smallest absolute Gasteiger partial charge is 0.147 e. The van der Waals surface area contributed by atoms with Gasteiger partial charge in [-0.3, -0.25) is 4.79 Å². The molecule has 0 rings (SSSR count). The van der Waals surface area contributed by atoms with E-state index in [1.165, 1.54) is 0 Å². The summed E-state index contributed by atoms with van der Waals surface area (Å²) < 4.78 is 4.80. The van der Waals surface area contributed by atoms with Crippen molar-refractivity contribution in [2.75, 3.05) is 26.8 Å². The average molecular weight is 169 g/mol. The third-order valence-corrected chi connectivity index (χ3v) is 1.35. The van der Waals surface area contributed by atoms with Gasteiger partial charge in [0.15, 0.2) is 0 Å². The number of nitrogens with one attached hydrogen (secondary N) is 1. The van der Waals surface area contributed by atoms with Crippen LogP contribution >= 0.6 is 0 Å². The van der Waals surface area contributed by atoms with Crippen molar-refractivity contribution in [3.63, 3.8) is 0 Å². The van der Waals surface area contributed by atoms with Crippen LogP contribution in [-0.2, 0) is 9.53 Å². The Bertz CT molecular complexity index is 160. The maximum absolute atomic E-state index is 11.0. The van der Waals surface area contributed by atoms with Gasteiger partial charge in [0.25, 0.3) is 0 Å². The number of ether oxygens (including phenoxy) is 1. The van der Waals surface area contributed by atoms with Crippen molar-refractivity contribution in [1.29, 1.82) is 0 Å². The van der Waals surface area contributed by atoms with Gasteiger partial charge in [-0.15, -0.1) is 12.3 Å². The fourth-order valence-corrected chi connectivity index (χ4v) is 0.702. The summed E-state index contributed by atoms with van der Waals surface area (Å²) in [4.78, 5) is 11.0. The lowest BCUT2D eigenvalue weighted by molar-refractivity contribution is -0.118. The van der Waals surface area contributed by atoms with E-state index in [-0.39, 0.29) is 5.78 Å². The van der Waals surface area contributed by atoms with E-state index < -0.39 is 0 Å². The lowest BCUT2D eigenvalue weighted by Gasteiger charge is -2.01. The van der Waals surface area contributed by atoms with Gasteiger partial charge in [-0.25, -0.2) is 0 Å². The molecule has 0 aromatic heterocycles. The summed E-state index contributed by atoms with van der Waals surface area (Å²) in [5.74, 6) is 2.58. The van der Waals surface area contributed by atoms with Gasteiger partial charge in [0.05, 0.1) is 13.2 Å². The largest absolute Gasteiger partial charge is 0.383 e. The fourth-order valence-electron chi connectivity index (χ4n) is 0.702. The van der Waals surface area contributed by atoms with Crippen LogP contribution in [0.25, 0.3) is 0 Å². The number of carbonyl (C=O) groups excluding carboxylic acids is 1. The van der Waals surface area contributed by atoms with E-state index in [0.29, 0.717) is 32.5 Å². The molecule has 0 saturated heterocycles. The molecule has 0 atom stereocenters. The molecule has 1 N–H and O–H groups in total. The van der Waals surface area contributed by atoms with Crippen molar-refractivity contribution < 1.29 is 9.53 Å². The number of rotatable bonds is 7. The van der Waals surface area contributed by atoms with Crippen molar-refractivity contribution in [1.82, 2.24) is 5.32 Å². The molecule has 0 amide bonds. The molecule has 0 aliphatic carbocycles. The number of hydrogen-bond acceptors (Lipinski definition) is 3. The van der Waals surface area contributed by atoms with Gasteiger partial charge < -0.3 is 10.1 Å². The van der Waals surface area contributed by atoms with Gasteiger partial charge in [-0.1, -0.05) is 0 Å². The van der Waals surface area contributed by atoms with Crippen LogP contribution in [0.2, 0.25) is 0 Å². The zero-order chi connectivity index (χ0) is 9.23. The molecule has 68 valence electrons. The van der Waals surface area contributed by atoms with Crippen molar-refractivity contribution in [2.45, 2.75) is 12.8 Å². The number of ketones is 1. The minimum Gasteiger partial charge on any atom is -0.383 e. The Labute approximate surface area is 73.5 Å². The van der Waals surface area contributed by atoms with E-state index in [9.17, 15) is 4.79 Å². The summed E-state index contributed by atoms with van der Waals surface area (Å²) >= 11 is 0. The maximum atomic E-state index is 11.0. The monoisotopic (exact) mass is 169 g/mol. The van der Waals surface area contributed by atoms with E-state index in [1.54, 1.807) is 7.11 Å². The number of hydrogen-bond donors (Lipinski definition) is 1. The molecule has 0 aromatic rings. The third kappa shape index (κ3) is 7.26. The summed E-state index contributed by atoms with van der Waals surface area (Å²) in [6.45, 7) is 1.73. The minimum absolute atomic E-state index is 0.157. The first kappa shape index (κ1) is 11.2. The van der Waals surface area contributed by atoms with Gasteiger partial charge >= 0.3 is 0 Å². The highest BCUT2D eigenvalue weighted by molar-refractivity contribution is 5.80. The molecule has 0 fully saturated rings. The van der Waals surface area contributed by atoms with Crippen molar-refractivity contribution >= 4 is 5.78 Å². The predicted octanol–water partition coefficient (Wildman–Crippen LogP) is 0.205. The van der Waals surface area contributed by atoms with Crippen LogP contribution in [0.3, 0.4) is 0 Å². The molecule has 0 aliphatic rings. The van der Waals surface area contributed by atoms with Crippen LogP contribution in [0.4, 0.5) is 0 Å². The Morgan fingerprint density at radius 2 is 2.42 bits per heavy atom. The highest BCUT2D eigenvalue weighted by Gasteiger charge is 1.98. The Balaban J connectivity index is 3.15. The van der Waals surface area contributed by atoms with Gasteiger partial charge in [0.1, 0.15) is 5.78 Å². The zero-order valence-electron chi connectivity index (χ0n) is 7.43. The second-order valence-electron chi connectivity index (χ2n) is 2.41. The second-order valence-corrected chi connectivity index (χ2v) is 2.41. The molecular weight excluding hydrogens is 154 g/mol. The van der Waals surface area contributed by atoms with E-state index in [1.807, 2.05) is 0 Å². The van der Waals surface area contributed by atoms with Gasteiger partial charge in [0.2, 0.25) is 0 Å². The Kier molecular flexibility index (Phi) is 7.66. The molecular formula is C9H15NO2. The van der Waals surface area contributed by atoms with Crippen molar-refractivity contribution in [2.24, 2.45) is 0 Å². The van der Waals surface area contributed by atoms with E-state index >= 15 is 0 Å². The van der Waals surface area contributed by atoms with Gasteiger partial charge in [-0.2, -0.15) is 0 Å². The summed E-state index contributed by atoms with van der Waals surface area (Å²) in [7, 11) is 1.63. The van der Waals surface area contributed by atoms with Gasteiger partial charge in [0, 0.05) is 26.5 Å².